The van der Waals surface area contributed by atoms with Crippen molar-refractivity contribution in [2.45, 2.75) is 253 Å². The Labute approximate surface area is 977 Å². The van der Waals surface area contributed by atoms with Gasteiger partial charge in [0, 0.05) is 274 Å². The molecule has 15 atom stereocenters. The maximum absolute atomic E-state index is 14.0. The van der Waals surface area contributed by atoms with Crippen LogP contribution in [-0.2, 0) is 67.0 Å². The quantitative estimate of drug-likeness (QED) is 0.0466. The van der Waals surface area contributed by atoms with Crippen molar-refractivity contribution in [3.63, 3.8) is 0 Å². The van der Waals surface area contributed by atoms with E-state index in [1.54, 1.807) is 41.5 Å². The molecule has 0 amide bonds. The molecular formula is C117H168N6O18. The van der Waals surface area contributed by atoms with Crippen LogP contribution in [0.4, 0.5) is 0 Å². The fourth-order valence-corrected chi connectivity index (χ4v) is 15.2. The topological polar surface area (TPSA) is 233 Å². The summed E-state index contributed by atoms with van der Waals surface area (Å²) in [5.41, 5.74) is -10.6. The number of Topliss-reactive ketones (excluding diaryl/α,β-unsaturated/α-hetero) is 6. The molecule has 24 nitrogen and oxygen atoms in total. The Morgan fingerprint density at radius 3 is 1.08 bits per heavy atom. The van der Waals surface area contributed by atoms with E-state index in [0.717, 1.165) is 54.8 Å². The summed E-state index contributed by atoms with van der Waals surface area (Å²) in [6, 6.07) is -25.8. The number of fused-ring (bicyclic) bond motifs is 18. The van der Waals surface area contributed by atoms with Crippen LogP contribution in [0.1, 0.15) is 413 Å². The molecule has 0 bridgehead atoms. The van der Waals surface area contributed by atoms with E-state index >= 15 is 0 Å². The molecule has 141 heavy (non-hydrogen) atoms. The van der Waals surface area contributed by atoms with Crippen molar-refractivity contribution < 1.29 is 217 Å². The molecule has 0 N–H and O–H groups in total. The lowest BCUT2D eigenvalue weighted by Gasteiger charge is -2.43. The van der Waals surface area contributed by atoms with E-state index in [1.165, 1.54) is 0 Å². The molecule has 12 aliphatic rings. The van der Waals surface area contributed by atoms with Gasteiger partial charge in [-0.25, -0.2) is 0 Å². The number of nitrogens with zero attached hydrogens (tertiary/aromatic N) is 6. The smallest absolute Gasteiger partial charge is 0.161 e. The summed E-state index contributed by atoms with van der Waals surface area (Å²) in [7, 11) is -13.2. The van der Waals surface area contributed by atoms with Crippen LogP contribution in [0.25, 0.3) is 0 Å². The van der Waals surface area contributed by atoms with Crippen LogP contribution < -0.4 is 56.8 Å². The summed E-state index contributed by atoms with van der Waals surface area (Å²) in [4.78, 5) is 82.3. The highest BCUT2D eigenvalue weighted by Crippen LogP contribution is 2.51. The van der Waals surface area contributed by atoms with Crippen LogP contribution in [-0.4, -0.2) is 227 Å². The third-order valence-electron chi connectivity index (χ3n) is 21.9. The Morgan fingerprint density at radius 1 is 0.326 bits per heavy atom. The zero-order valence-electron chi connectivity index (χ0n) is 175. The molecule has 0 saturated carbocycles. The summed E-state index contributed by atoms with van der Waals surface area (Å²) in [5, 5.41) is 0. The Balaban J connectivity index is 0.000000225. The fraction of sp³-hybridized carbons (Fsp3) is 0.641. The highest BCUT2D eigenvalue weighted by molar-refractivity contribution is 5.86. The van der Waals surface area contributed by atoms with Crippen LogP contribution >= 0.6 is 0 Å². The number of hydrogen-bond donors (Lipinski definition) is 0. The van der Waals surface area contributed by atoms with Crippen molar-refractivity contribution in [3.05, 3.63) is 139 Å². The second-order valence-electron chi connectivity index (χ2n) is 32.6. The van der Waals surface area contributed by atoms with Gasteiger partial charge in [-0.3, -0.25) is 58.2 Å². The minimum Gasteiger partial charge on any atom is -0.493 e. The van der Waals surface area contributed by atoms with Crippen molar-refractivity contribution >= 4 is 34.7 Å². The Hall–Kier alpha value is -9.30. The predicted octanol–water partition coefficient (Wildman–Crippen LogP) is 20.6. The Kier molecular flexibility index (Phi) is 13.9. The zero-order valence-corrected chi connectivity index (χ0v) is 78.6. The van der Waals surface area contributed by atoms with Gasteiger partial charge in [-0.2, -0.15) is 0 Å². The van der Waals surface area contributed by atoms with E-state index in [2.05, 4.69) is 0 Å². The lowest BCUT2D eigenvalue weighted by molar-refractivity contribution is -0.130. The maximum atomic E-state index is 14.0. The van der Waals surface area contributed by atoms with E-state index in [1.807, 2.05) is 0 Å². The predicted molar refractivity (Wildman–Crippen MR) is 555 cm³/mol. The average Bonchev–Trinajstić information content (AvgIpc) is 0.644. The number of methoxy groups -OCH3 is 12. The van der Waals surface area contributed by atoms with E-state index in [0.29, 0.717) is 35.5 Å². The lowest BCUT2D eigenvalue weighted by Crippen LogP contribution is -2.46. The molecule has 12 aliphatic heterocycles. The van der Waals surface area contributed by atoms with Crippen molar-refractivity contribution in [2.24, 2.45) is 70.9 Å². The summed E-state index contributed by atoms with van der Waals surface area (Å²) >= 11 is 0. The van der Waals surface area contributed by atoms with E-state index < -0.39 is 582 Å². The minimum absolute atomic E-state index is 0.0243. The van der Waals surface area contributed by atoms with Crippen molar-refractivity contribution in [1.29, 1.82) is 0 Å². The minimum atomic E-state index is -4.21. The van der Waals surface area contributed by atoms with Crippen molar-refractivity contribution in [3.8, 4) is 69.0 Å². The lowest BCUT2D eigenvalue weighted by atomic mass is 9.79. The van der Waals surface area contributed by atoms with Gasteiger partial charge in [-0.15, -0.1) is 0 Å². The molecule has 6 aromatic rings. The molecule has 24 heteroatoms. The number of ether oxygens (including phenoxy) is 12. The first kappa shape index (κ1) is 39.2. The summed E-state index contributed by atoms with van der Waals surface area (Å²) < 4.78 is 858. The number of piperidine rings is 6. The molecular weight excluding hydrogens is 1780 g/mol. The normalized spacial score (nSPS) is 47.3. The largest absolute Gasteiger partial charge is 0.493 e. The van der Waals surface area contributed by atoms with Gasteiger partial charge < -0.3 is 56.8 Å². The Bertz CT molecular complexity index is 10100. The molecule has 6 aromatic carbocycles. The van der Waals surface area contributed by atoms with Crippen LogP contribution in [0.15, 0.2) is 72.6 Å². The standard InChI is InChI=1S/3C20H29NO3.3C19H27NO3/c3*1-5-13(2)8-15-12-21-7-6-14-9-19(23-3)20(24-4)10-16(14)17(21)11-18(15)22;3*1-12(2)7-14-11-20-6-5-13-8-18(22-3)19(23-4)9-15(13)16(20)10-17(14)21/h3*9-10,13,15,17H,5-8,11-12H2,1-4H3;3*8-9,12,14,16H,5-7,10-11H2,1-4H3/i2D3,3D3,5D2,6D2,7D2,8D2,9D,10D,11D2,13D,15D,17D;2D3,3D3,5D2,6D2,7D2,8D2,9D,10D,12D2,13D,17D;2D3,3D3,5D2,6D2,7D2,8D2,9D,10D,13D,17D;3D3,5D2,6D2,8D,9D,10D2,11D2,14D;3D3,5D2,6D2,8D,9D,11D2,16D;3D3,5D2,6D2,10D2,14D,16D. The third kappa shape index (κ3) is 25.6. The molecule has 15 unspecified atom stereocenters. The van der Waals surface area contributed by atoms with Crippen LogP contribution in [0.3, 0.4) is 0 Å². The molecule has 774 valence electrons. The van der Waals surface area contributed by atoms with Crippen LogP contribution in [0.2, 0.25) is 0 Å². The van der Waals surface area contributed by atoms with Gasteiger partial charge in [0.2, 0.25) is 0 Å². The first-order chi connectivity index (χ1) is 105. The number of aryl methyl sites for hydroxylation is 1. The SMILES string of the molecule is [2H]C([2H])([2H])Oc1cc2c(cc1OC)C1([2H])N(CC([2H])(CC(C)C)C(=O)C1([2H])[2H])C([2H])([2H])C2([2H])[2H].[2H]c1c(OC([2H])([2H])[2H])c(OC)c([2H])c2c1C([2H])([2H])C([2H])([2H])N1CC([2H])(C([2H])([2H])C([2H])(C([2H])([2H])[2H])C([2H])([2H])C)C(=O)C([2H])([2H])C21[2H].[2H]c1c(OC)c(OC([2H])([2H])[2H])c([2H])c2c1C1([2H])CC(=O)C(C([2H])([2H])C([2H])(C([2H])([2H])[2H])C([2H])([2H])C)C([2H])([2H])N1C([2H])([2H])C2([2H])[2H].[2H]c1c(OC)c(OC([2H])([2H])[2H])c([2H])c2c1C1([2H])CC(=O)C(C([2H])([2H])C([2H])(C([2H])([2H])[2H])C([2H])([2H])C)CN1C([2H])([2H])C2([2H])[2H].[2H]c1c(OC)c(OC([2H])([2H])[2H])c([2H])c2c1C1([2H])CC(=O)C(CC(C)C)C([2H])([2H])N1C([2H])([2H])C2([2H])[2H].[2H]c1c(OC)c(OC([2H])([2H])[2H])c([2H])c2c1C1N(C([2H])([2H])C([2H])(CC(C)C)C(=O)C1([2H])[2H])C([2H])([2H])C2([2H])[2H]. The van der Waals surface area contributed by atoms with Gasteiger partial charge in [0.25, 0.3) is 0 Å². The molecule has 6 saturated heterocycles. The summed E-state index contributed by atoms with van der Waals surface area (Å²) in [6.45, 7) is -34.3. The molecule has 12 heterocycles. The van der Waals surface area contributed by atoms with Gasteiger partial charge in [0.15, 0.2) is 69.0 Å². The van der Waals surface area contributed by atoms with E-state index in [-0.39, 0.29) is 45.1 Å². The van der Waals surface area contributed by atoms with Crippen molar-refractivity contribution in [2.75, 3.05) is 163 Å². The van der Waals surface area contributed by atoms with Crippen LogP contribution in [0.5, 0.6) is 69.0 Å². The molecule has 0 aromatic heterocycles. The number of hydrogen-bond acceptors (Lipinski definition) is 24. The Morgan fingerprint density at radius 2 is 0.645 bits per heavy atom. The third-order valence-corrected chi connectivity index (χ3v) is 21.9. The van der Waals surface area contributed by atoms with Gasteiger partial charge in [0.05, 0.1) is 130 Å². The first-order valence-electron chi connectivity index (χ1n) is 91.0. The first-order valence-corrected chi connectivity index (χ1v) is 43.0. The number of rotatable bonds is 27. The van der Waals surface area contributed by atoms with Gasteiger partial charge >= 0.3 is 0 Å². The summed E-state index contributed by atoms with van der Waals surface area (Å²) in [5.74, 6) is -45.8. The zero-order chi connectivity index (χ0) is 186. The fourth-order valence-electron chi connectivity index (χ4n) is 15.2. The number of benzene rings is 6. The highest BCUT2D eigenvalue weighted by Gasteiger charge is 2.47. The van der Waals surface area contributed by atoms with E-state index in [9.17, 15) is 32.9 Å². The molecule has 0 aliphatic carbocycles. The maximum Gasteiger partial charge on any atom is 0.161 e. The van der Waals surface area contributed by atoms with Gasteiger partial charge in [-0.1, -0.05) is 102 Å². The van der Waals surface area contributed by atoms with Crippen molar-refractivity contribution in [1.82, 2.24) is 29.4 Å². The molecule has 18 rings (SSSR count). The van der Waals surface area contributed by atoms with Gasteiger partial charge in [0.1, 0.15) is 34.7 Å². The molecule has 6 fully saturated rings. The second-order valence-corrected chi connectivity index (χ2v) is 32.6. The highest BCUT2D eigenvalue weighted by atomic mass is 16.5. The summed E-state index contributed by atoms with van der Waals surface area (Å²) in [6.07, 6.45) is -56.1. The number of carbonyl (C=O) groups is 6. The van der Waals surface area contributed by atoms with E-state index in [4.69, 9.17) is 184 Å². The van der Waals surface area contributed by atoms with Gasteiger partial charge in [-0.05, 0) is 251 Å². The van der Waals surface area contributed by atoms with Crippen LogP contribution in [0, 0.1) is 70.9 Å². The second kappa shape index (κ2) is 50.0. The molecule has 0 spiro atoms. The number of carbonyl (C=O) groups excluding carboxylic acids is 6. The number of ketones is 6. The molecule has 0 radical (unpaired) electrons. The monoisotopic (exact) mass is 2040 g/mol. The average molecular weight is 2040 g/mol.